The van der Waals surface area contributed by atoms with Crippen LogP contribution in [0.2, 0.25) is 0 Å². The van der Waals surface area contributed by atoms with Crippen LogP contribution in [0.4, 0.5) is 0 Å². The molecule has 0 aromatic heterocycles. The van der Waals surface area contributed by atoms with E-state index in [2.05, 4.69) is 0 Å². The van der Waals surface area contributed by atoms with E-state index in [1.165, 1.54) is 0 Å². The quantitative estimate of drug-likeness (QED) is 0.550. The zero-order chi connectivity index (χ0) is 9.14. The SMILES string of the molecule is C.O=C([O-])C1CCCCC1C(=O)[O-]. The van der Waals surface area contributed by atoms with E-state index in [1.807, 2.05) is 0 Å². The van der Waals surface area contributed by atoms with Crippen molar-refractivity contribution in [3.05, 3.63) is 0 Å². The average molecular weight is 186 g/mol. The summed E-state index contributed by atoms with van der Waals surface area (Å²) >= 11 is 0. The van der Waals surface area contributed by atoms with E-state index in [4.69, 9.17) is 0 Å². The number of carbonyl (C=O) groups is 2. The molecule has 2 atom stereocenters. The molecule has 0 spiro atoms. The van der Waals surface area contributed by atoms with E-state index in [-0.39, 0.29) is 7.43 Å². The van der Waals surface area contributed by atoms with E-state index in [1.54, 1.807) is 0 Å². The molecule has 1 aliphatic rings. The Hall–Kier alpha value is -1.06. The first-order chi connectivity index (χ1) is 5.63. The molecule has 1 aliphatic carbocycles. The van der Waals surface area contributed by atoms with Crippen molar-refractivity contribution >= 4 is 11.9 Å². The molecule has 0 aliphatic heterocycles. The van der Waals surface area contributed by atoms with E-state index in [9.17, 15) is 19.8 Å². The Balaban J connectivity index is 0.00000144. The topological polar surface area (TPSA) is 80.3 Å². The molecule has 2 unspecified atom stereocenters. The lowest BCUT2D eigenvalue weighted by Crippen LogP contribution is -2.45. The number of hydrogen-bond acceptors (Lipinski definition) is 4. The Morgan fingerprint density at radius 1 is 0.923 bits per heavy atom. The summed E-state index contributed by atoms with van der Waals surface area (Å²) in [7, 11) is 0. The zero-order valence-corrected chi connectivity index (χ0v) is 6.62. The first-order valence-electron chi connectivity index (χ1n) is 4.04. The van der Waals surface area contributed by atoms with Crippen molar-refractivity contribution in [2.24, 2.45) is 11.8 Å². The van der Waals surface area contributed by atoms with Crippen molar-refractivity contribution in [3.8, 4) is 0 Å². The maximum Gasteiger partial charge on any atom is 0.0451 e. The number of carboxylic acids is 2. The summed E-state index contributed by atoms with van der Waals surface area (Å²) in [4.78, 5) is 20.9. The molecule has 0 aromatic rings. The van der Waals surface area contributed by atoms with Gasteiger partial charge in [-0.25, -0.2) is 0 Å². The third kappa shape index (κ3) is 2.72. The first-order valence-corrected chi connectivity index (χ1v) is 4.04. The van der Waals surface area contributed by atoms with E-state index >= 15 is 0 Å². The van der Waals surface area contributed by atoms with Gasteiger partial charge in [0, 0.05) is 23.8 Å². The summed E-state index contributed by atoms with van der Waals surface area (Å²) in [5.41, 5.74) is 0. The number of rotatable bonds is 2. The first kappa shape index (κ1) is 11.9. The monoisotopic (exact) mass is 186 g/mol. The van der Waals surface area contributed by atoms with Gasteiger partial charge in [0.05, 0.1) is 0 Å². The van der Waals surface area contributed by atoms with Gasteiger partial charge in [0.25, 0.3) is 0 Å². The Morgan fingerprint density at radius 3 is 1.46 bits per heavy atom. The Bertz CT molecular complexity index is 178. The van der Waals surface area contributed by atoms with Crippen LogP contribution in [0.3, 0.4) is 0 Å². The smallest absolute Gasteiger partial charge is 0.0451 e. The fraction of sp³-hybridized carbons (Fsp3) is 0.778. The molecule has 0 radical (unpaired) electrons. The fourth-order valence-corrected chi connectivity index (χ4v) is 1.70. The average Bonchev–Trinajstić information content (AvgIpc) is 2.04. The van der Waals surface area contributed by atoms with Crippen LogP contribution in [0.25, 0.3) is 0 Å². The molecule has 0 heterocycles. The largest absolute Gasteiger partial charge is 0.550 e. The lowest BCUT2D eigenvalue weighted by molar-refractivity contribution is -0.328. The summed E-state index contributed by atoms with van der Waals surface area (Å²) < 4.78 is 0. The molecule has 1 fully saturated rings. The number of carboxylic acid groups (broad SMARTS) is 2. The molecule has 0 N–H and O–H groups in total. The van der Waals surface area contributed by atoms with Gasteiger partial charge in [0.2, 0.25) is 0 Å². The van der Waals surface area contributed by atoms with Crippen LogP contribution >= 0.6 is 0 Å². The maximum absolute atomic E-state index is 10.5. The highest BCUT2D eigenvalue weighted by Crippen LogP contribution is 2.28. The Kier molecular flexibility index (Phi) is 4.45. The van der Waals surface area contributed by atoms with E-state index in [0.717, 1.165) is 12.8 Å². The van der Waals surface area contributed by atoms with Gasteiger partial charge >= 0.3 is 0 Å². The van der Waals surface area contributed by atoms with Crippen molar-refractivity contribution in [2.75, 3.05) is 0 Å². The Labute approximate surface area is 77.6 Å². The summed E-state index contributed by atoms with van der Waals surface area (Å²) in [6.45, 7) is 0. The van der Waals surface area contributed by atoms with Crippen LogP contribution in [0.5, 0.6) is 0 Å². The van der Waals surface area contributed by atoms with Gasteiger partial charge in [-0.2, -0.15) is 0 Å². The molecule has 4 nitrogen and oxygen atoms in total. The van der Waals surface area contributed by atoms with Gasteiger partial charge in [0.1, 0.15) is 0 Å². The van der Waals surface area contributed by atoms with E-state index in [0.29, 0.717) is 12.8 Å². The maximum atomic E-state index is 10.5. The summed E-state index contributed by atoms with van der Waals surface area (Å²) in [6, 6.07) is 0. The fourth-order valence-electron chi connectivity index (χ4n) is 1.70. The molecule has 13 heavy (non-hydrogen) atoms. The second-order valence-corrected chi connectivity index (χ2v) is 3.14. The molecule has 0 amide bonds. The van der Waals surface area contributed by atoms with Crippen LogP contribution < -0.4 is 10.2 Å². The molecule has 0 saturated heterocycles. The van der Waals surface area contributed by atoms with Crippen molar-refractivity contribution in [1.82, 2.24) is 0 Å². The standard InChI is InChI=1S/C8H12O4.CH4/c9-7(10)5-3-1-2-4-6(5)8(11)12;/h5-6H,1-4H2,(H,9,10)(H,11,12);1H4/p-2. The molecule has 1 saturated carbocycles. The predicted molar refractivity (Wildman–Crippen MR) is 42.2 cm³/mol. The minimum absolute atomic E-state index is 0. The molecule has 4 heteroatoms. The second-order valence-electron chi connectivity index (χ2n) is 3.14. The van der Waals surface area contributed by atoms with Gasteiger partial charge in [-0.05, 0) is 12.8 Å². The lowest BCUT2D eigenvalue weighted by atomic mass is 9.79. The molecule has 76 valence electrons. The van der Waals surface area contributed by atoms with Crippen molar-refractivity contribution in [2.45, 2.75) is 33.1 Å². The van der Waals surface area contributed by atoms with Gasteiger partial charge < -0.3 is 19.8 Å². The number of carbonyl (C=O) groups excluding carboxylic acids is 2. The normalized spacial score (nSPS) is 27.4. The van der Waals surface area contributed by atoms with Crippen LogP contribution in [0.1, 0.15) is 33.1 Å². The second kappa shape index (κ2) is 4.84. The number of hydrogen-bond donors (Lipinski definition) is 0. The van der Waals surface area contributed by atoms with Gasteiger partial charge in [-0.1, -0.05) is 20.3 Å². The molecular formula is C9H14O4-2. The van der Waals surface area contributed by atoms with Crippen LogP contribution in [0.15, 0.2) is 0 Å². The third-order valence-electron chi connectivity index (χ3n) is 2.37. The molecule has 1 rings (SSSR count). The highest BCUT2D eigenvalue weighted by Gasteiger charge is 2.26. The van der Waals surface area contributed by atoms with Gasteiger partial charge in [-0.15, -0.1) is 0 Å². The third-order valence-corrected chi connectivity index (χ3v) is 2.37. The Morgan fingerprint density at radius 2 is 1.23 bits per heavy atom. The van der Waals surface area contributed by atoms with Crippen molar-refractivity contribution < 1.29 is 19.8 Å². The molecule has 0 aromatic carbocycles. The van der Waals surface area contributed by atoms with Crippen LogP contribution in [-0.4, -0.2) is 11.9 Å². The minimum atomic E-state index is -1.26. The zero-order valence-electron chi connectivity index (χ0n) is 6.62. The van der Waals surface area contributed by atoms with Crippen LogP contribution in [0, 0.1) is 11.8 Å². The highest BCUT2D eigenvalue weighted by atomic mass is 16.4. The van der Waals surface area contributed by atoms with Crippen molar-refractivity contribution in [1.29, 1.82) is 0 Å². The summed E-state index contributed by atoms with van der Waals surface area (Å²) in [6.07, 6.45) is 2.34. The number of aliphatic carboxylic acids is 2. The summed E-state index contributed by atoms with van der Waals surface area (Å²) in [5, 5.41) is 20.9. The highest BCUT2D eigenvalue weighted by molar-refractivity contribution is 5.77. The van der Waals surface area contributed by atoms with Gasteiger partial charge in [-0.3, -0.25) is 0 Å². The minimum Gasteiger partial charge on any atom is -0.550 e. The summed E-state index contributed by atoms with van der Waals surface area (Å²) in [5.74, 6) is -4.21. The molecular weight excluding hydrogens is 172 g/mol. The molecule has 0 bridgehead atoms. The predicted octanol–water partition coefficient (Wildman–Crippen LogP) is -1.07. The van der Waals surface area contributed by atoms with Gasteiger partial charge in [0.15, 0.2) is 0 Å². The lowest BCUT2D eigenvalue weighted by Gasteiger charge is -2.32. The van der Waals surface area contributed by atoms with Crippen LogP contribution in [-0.2, 0) is 9.59 Å². The van der Waals surface area contributed by atoms with Crippen molar-refractivity contribution in [3.63, 3.8) is 0 Å². The van der Waals surface area contributed by atoms with E-state index < -0.39 is 23.8 Å².